The lowest BCUT2D eigenvalue weighted by Gasteiger charge is -2.25. The third-order valence-electron chi connectivity index (χ3n) is 5.19. The minimum Gasteiger partial charge on any atom is -0.508 e. The number of hydrogen-bond donors (Lipinski definition) is 1. The van der Waals surface area contributed by atoms with E-state index in [1.54, 1.807) is 24.3 Å². The molecule has 6 rings (SSSR count). The predicted molar refractivity (Wildman–Crippen MR) is 138 cm³/mol. The van der Waals surface area contributed by atoms with Crippen molar-refractivity contribution < 1.29 is 5.11 Å². The summed E-state index contributed by atoms with van der Waals surface area (Å²) in [5, 5.41) is 9.83. The maximum atomic E-state index is 8.63. The number of para-hydroxylation sites is 3. The summed E-state index contributed by atoms with van der Waals surface area (Å²) in [6.07, 6.45) is 6.13. The smallest absolute Gasteiger partial charge is 0.115 e. The highest BCUT2D eigenvalue weighted by atomic mass is 16.3. The molecule has 1 aliphatic heterocycles. The van der Waals surface area contributed by atoms with Gasteiger partial charge in [-0.1, -0.05) is 84.9 Å². The van der Waals surface area contributed by atoms with Crippen LogP contribution in [0.25, 0.3) is 17.0 Å². The SMILES string of the molecule is C1=CN(c2ccccc2)Cc2ccccc21.Oc1ccccc1.c1ccc2ncccc2c1. The number of pyridine rings is 1. The fourth-order valence-corrected chi connectivity index (χ4v) is 3.49. The molecule has 1 aliphatic rings. The summed E-state index contributed by atoms with van der Waals surface area (Å²) < 4.78 is 0. The Hall–Kier alpha value is -4.37. The molecular formula is C30H26N2O. The first-order valence-corrected chi connectivity index (χ1v) is 10.9. The topological polar surface area (TPSA) is 36.4 Å². The van der Waals surface area contributed by atoms with Crippen LogP contribution in [0.1, 0.15) is 11.1 Å². The summed E-state index contributed by atoms with van der Waals surface area (Å²) in [7, 11) is 0. The standard InChI is InChI=1S/C15H13N.C9H7N.C6H6O/c1-2-8-15(9-3-1)16-11-10-13-6-4-5-7-14(13)12-16;1-2-6-9-8(4-1)5-3-7-10-9;7-6-4-2-1-3-5-6/h1-11H,12H2;1-7H;1-5,7H. The molecule has 0 saturated heterocycles. The van der Waals surface area contributed by atoms with E-state index < -0.39 is 0 Å². The second-order valence-corrected chi connectivity index (χ2v) is 7.51. The number of benzene rings is 4. The second kappa shape index (κ2) is 11.3. The Balaban J connectivity index is 0.000000130. The van der Waals surface area contributed by atoms with Crippen LogP contribution in [0.3, 0.4) is 0 Å². The number of rotatable bonds is 1. The van der Waals surface area contributed by atoms with Gasteiger partial charge in [-0.05, 0) is 53.6 Å². The van der Waals surface area contributed by atoms with Crippen molar-refractivity contribution >= 4 is 22.7 Å². The van der Waals surface area contributed by atoms with Crippen LogP contribution < -0.4 is 4.90 Å². The van der Waals surface area contributed by atoms with Crippen LogP contribution in [0.2, 0.25) is 0 Å². The van der Waals surface area contributed by atoms with Crippen molar-refractivity contribution in [1.29, 1.82) is 0 Å². The molecule has 0 saturated carbocycles. The fraction of sp³-hybridized carbons (Fsp3) is 0.0333. The molecule has 162 valence electrons. The summed E-state index contributed by atoms with van der Waals surface area (Å²) >= 11 is 0. The molecule has 3 heteroatoms. The lowest BCUT2D eigenvalue weighted by Crippen LogP contribution is -2.18. The van der Waals surface area contributed by atoms with E-state index in [1.165, 1.54) is 22.2 Å². The average molecular weight is 431 g/mol. The molecule has 0 bridgehead atoms. The van der Waals surface area contributed by atoms with Crippen LogP contribution in [-0.4, -0.2) is 10.1 Å². The molecule has 5 aromatic rings. The minimum atomic E-state index is 0.322. The largest absolute Gasteiger partial charge is 0.508 e. The quantitative estimate of drug-likeness (QED) is 0.303. The minimum absolute atomic E-state index is 0.322. The van der Waals surface area contributed by atoms with Gasteiger partial charge in [0.2, 0.25) is 0 Å². The Bertz CT molecular complexity index is 1240. The lowest BCUT2D eigenvalue weighted by molar-refractivity contribution is 0.475. The van der Waals surface area contributed by atoms with Gasteiger partial charge in [-0.3, -0.25) is 4.98 Å². The molecule has 0 fully saturated rings. The van der Waals surface area contributed by atoms with Crippen molar-refractivity contribution in [3.8, 4) is 5.75 Å². The monoisotopic (exact) mass is 430 g/mol. The molecule has 0 atom stereocenters. The summed E-state index contributed by atoms with van der Waals surface area (Å²) in [5.74, 6) is 0.322. The Morgan fingerprint density at radius 3 is 2.00 bits per heavy atom. The van der Waals surface area contributed by atoms with Gasteiger partial charge in [-0.25, -0.2) is 0 Å². The van der Waals surface area contributed by atoms with Crippen molar-refractivity contribution in [2.45, 2.75) is 6.54 Å². The molecule has 1 aromatic heterocycles. The number of phenols is 1. The number of fused-ring (bicyclic) bond motifs is 2. The zero-order valence-electron chi connectivity index (χ0n) is 18.3. The van der Waals surface area contributed by atoms with Crippen LogP contribution in [0.5, 0.6) is 5.75 Å². The molecule has 0 amide bonds. The fourth-order valence-electron chi connectivity index (χ4n) is 3.49. The zero-order chi connectivity index (χ0) is 22.7. The van der Waals surface area contributed by atoms with Gasteiger partial charge >= 0.3 is 0 Å². The van der Waals surface area contributed by atoms with Gasteiger partial charge in [0.05, 0.1) is 5.52 Å². The first-order chi connectivity index (χ1) is 16.3. The highest BCUT2D eigenvalue weighted by Crippen LogP contribution is 2.24. The third kappa shape index (κ3) is 6.31. The van der Waals surface area contributed by atoms with Crippen molar-refractivity contribution in [3.63, 3.8) is 0 Å². The molecule has 0 aliphatic carbocycles. The molecule has 1 N–H and O–H groups in total. The van der Waals surface area contributed by atoms with E-state index in [2.05, 4.69) is 82.8 Å². The lowest BCUT2D eigenvalue weighted by atomic mass is 10.0. The molecular weight excluding hydrogens is 404 g/mol. The number of hydrogen-bond acceptors (Lipinski definition) is 3. The Morgan fingerprint density at radius 1 is 0.636 bits per heavy atom. The normalized spacial score (nSPS) is 11.5. The van der Waals surface area contributed by atoms with Crippen LogP contribution in [0.15, 0.2) is 134 Å². The molecule has 0 unspecified atom stereocenters. The van der Waals surface area contributed by atoms with Crippen LogP contribution in [-0.2, 0) is 6.54 Å². The Kier molecular flexibility index (Phi) is 7.48. The van der Waals surface area contributed by atoms with E-state index in [-0.39, 0.29) is 0 Å². The highest BCUT2D eigenvalue weighted by Gasteiger charge is 2.10. The van der Waals surface area contributed by atoms with Gasteiger partial charge in [0.25, 0.3) is 0 Å². The Labute approximate surface area is 194 Å². The predicted octanol–water partition coefficient (Wildman–Crippen LogP) is 7.30. The molecule has 2 heterocycles. The average Bonchev–Trinajstić information content (AvgIpc) is 2.90. The van der Waals surface area contributed by atoms with Crippen LogP contribution in [0, 0.1) is 0 Å². The van der Waals surface area contributed by atoms with Gasteiger partial charge in [-0.2, -0.15) is 0 Å². The third-order valence-corrected chi connectivity index (χ3v) is 5.19. The first-order valence-electron chi connectivity index (χ1n) is 10.9. The molecule has 4 aromatic carbocycles. The van der Waals surface area contributed by atoms with E-state index in [9.17, 15) is 0 Å². The van der Waals surface area contributed by atoms with Crippen LogP contribution in [0.4, 0.5) is 5.69 Å². The van der Waals surface area contributed by atoms with Crippen molar-refractivity contribution in [2.24, 2.45) is 0 Å². The number of anilines is 1. The van der Waals surface area contributed by atoms with Crippen molar-refractivity contribution in [2.75, 3.05) is 4.90 Å². The summed E-state index contributed by atoms with van der Waals surface area (Å²) in [6, 6.07) is 39.8. The first kappa shape index (κ1) is 21.8. The summed E-state index contributed by atoms with van der Waals surface area (Å²) in [6.45, 7) is 0.955. The molecule has 0 spiro atoms. The van der Waals surface area contributed by atoms with Gasteiger partial charge in [0.15, 0.2) is 0 Å². The van der Waals surface area contributed by atoms with E-state index >= 15 is 0 Å². The van der Waals surface area contributed by atoms with E-state index in [0.717, 1.165) is 12.1 Å². The van der Waals surface area contributed by atoms with Crippen molar-refractivity contribution in [3.05, 3.63) is 145 Å². The molecule has 33 heavy (non-hydrogen) atoms. The number of aromatic hydroxyl groups is 1. The second-order valence-electron chi connectivity index (χ2n) is 7.51. The van der Waals surface area contributed by atoms with Crippen molar-refractivity contribution in [1.82, 2.24) is 4.98 Å². The number of phenolic OH excluding ortho intramolecular Hbond substituents is 1. The van der Waals surface area contributed by atoms with Gasteiger partial charge in [0, 0.05) is 30.0 Å². The summed E-state index contributed by atoms with van der Waals surface area (Å²) in [5.41, 5.74) is 5.02. The van der Waals surface area contributed by atoms with E-state index in [0.29, 0.717) is 5.75 Å². The van der Waals surface area contributed by atoms with E-state index in [1.807, 2.05) is 42.6 Å². The zero-order valence-corrected chi connectivity index (χ0v) is 18.3. The summed E-state index contributed by atoms with van der Waals surface area (Å²) in [4.78, 5) is 6.45. The maximum absolute atomic E-state index is 8.63. The van der Waals surface area contributed by atoms with Gasteiger partial charge in [0.1, 0.15) is 5.75 Å². The van der Waals surface area contributed by atoms with Gasteiger partial charge in [-0.15, -0.1) is 0 Å². The van der Waals surface area contributed by atoms with Gasteiger partial charge < -0.3 is 10.0 Å². The highest BCUT2D eigenvalue weighted by molar-refractivity contribution is 5.77. The molecule has 3 nitrogen and oxygen atoms in total. The molecule has 0 radical (unpaired) electrons. The Morgan fingerprint density at radius 2 is 1.27 bits per heavy atom. The maximum Gasteiger partial charge on any atom is 0.115 e. The number of aromatic nitrogens is 1. The number of nitrogens with zero attached hydrogens (tertiary/aromatic N) is 2. The van der Waals surface area contributed by atoms with Crippen LogP contribution >= 0.6 is 0 Å². The van der Waals surface area contributed by atoms with E-state index in [4.69, 9.17) is 5.11 Å².